The van der Waals surface area contributed by atoms with Gasteiger partial charge in [-0.3, -0.25) is 14.4 Å². The number of para-hydroxylation sites is 1. The van der Waals surface area contributed by atoms with Crippen molar-refractivity contribution in [1.82, 2.24) is 20.9 Å². The van der Waals surface area contributed by atoms with E-state index in [2.05, 4.69) is 20.9 Å². The van der Waals surface area contributed by atoms with Crippen LogP contribution in [0.4, 0.5) is 17.6 Å². The summed E-state index contributed by atoms with van der Waals surface area (Å²) in [5.74, 6) is -2.33. The average Bonchev–Trinajstić information content (AvgIpc) is 3.77. The molecular formula is C34H39F4N5O3S. The summed E-state index contributed by atoms with van der Waals surface area (Å²) in [4.78, 5) is 44.5. The third-order valence-corrected chi connectivity index (χ3v) is 9.73. The van der Waals surface area contributed by atoms with Crippen LogP contribution < -0.4 is 21.7 Å². The monoisotopic (exact) mass is 673 g/mol. The molecule has 0 bridgehead atoms. The van der Waals surface area contributed by atoms with E-state index in [4.69, 9.17) is 18.0 Å². The number of halogens is 4. The topological polar surface area (TPSA) is 129 Å². The van der Waals surface area contributed by atoms with Gasteiger partial charge in [-0.1, -0.05) is 75.7 Å². The molecule has 0 saturated heterocycles. The highest BCUT2D eigenvalue weighted by molar-refractivity contribution is 7.80. The van der Waals surface area contributed by atoms with Gasteiger partial charge in [-0.25, -0.2) is 4.39 Å². The van der Waals surface area contributed by atoms with E-state index in [-0.39, 0.29) is 47.7 Å². The molecule has 3 amide bonds. The van der Waals surface area contributed by atoms with Crippen molar-refractivity contribution in [2.75, 3.05) is 0 Å². The summed E-state index contributed by atoms with van der Waals surface area (Å²) in [5.41, 5.74) is 4.71. The maximum Gasteiger partial charge on any atom is 0.418 e. The first-order valence-electron chi connectivity index (χ1n) is 15.9. The summed E-state index contributed by atoms with van der Waals surface area (Å²) in [6.07, 6.45) is -1.76. The Morgan fingerprint density at radius 3 is 2.47 bits per heavy atom. The lowest BCUT2D eigenvalue weighted by Gasteiger charge is -2.39. The van der Waals surface area contributed by atoms with E-state index < -0.39 is 52.9 Å². The first kappa shape index (κ1) is 34.3. The first-order chi connectivity index (χ1) is 22.2. The zero-order valence-corrected chi connectivity index (χ0v) is 27.0. The number of nitrogens with one attached hydrogen (secondary N) is 4. The number of hydrogen-bond donors (Lipinski definition) is 5. The number of carbonyl (C=O) groups excluding carboxylic acids is 3. The van der Waals surface area contributed by atoms with Crippen LogP contribution >= 0.6 is 12.2 Å². The predicted octanol–water partition coefficient (Wildman–Crippen LogP) is 5.01. The number of rotatable bonds is 12. The van der Waals surface area contributed by atoms with Crippen molar-refractivity contribution in [1.29, 1.82) is 0 Å². The van der Waals surface area contributed by atoms with E-state index in [0.717, 1.165) is 18.9 Å². The lowest BCUT2D eigenvalue weighted by Crippen LogP contribution is -2.66. The van der Waals surface area contributed by atoms with E-state index in [1.54, 1.807) is 19.1 Å². The molecular weight excluding hydrogens is 634 g/mol. The zero-order chi connectivity index (χ0) is 34.1. The number of nitrogens with two attached hydrogens (primary N) is 1. The van der Waals surface area contributed by atoms with E-state index in [1.165, 1.54) is 24.3 Å². The van der Waals surface area contributed by atoms with Gasteiger partial charge in [0.1, 0.15) is 17.4 Å². The summed E-state index contributed by atoms with van der Waals surface area (Å²) in [7, 11) is 0. The number of aryl methyl sites for hydroxylation is 1. The second-order valence-corrected chi connectivity index (χ2v) is 13.3. The van der Waals surface area contributed by atoms with Gasteiger partial charge in [0, 0.05) is 17.5 Å². The van der Waals surface area contributed by atoms with Gasteiger partial charge in [-0.2, -0.15) is 13.2 Å². The Morgan fingerprint density at radius 1 is 1.11 bits per heavy atom. The van der Waals surface area contributed by atoms with Crippen LogP contribution in [0.1, 0.15) is 68.3 Å². The van der Waals surface area contributed by atoms with Crippen molar-refractivity contribution >= 4 is 45.8 Å². The second-order valence-electron chi connectivity index (χ2n) is 12.9. The first-order valence-corrected chi connectivity index (χ1v) is 16.3. The molecule has 1 saturated carbocycles. The van der Waals surface area contributed by atoms with Crippen molar-refractivity contribution < 1.29 is 31.9 Å². The van der Waals surface area contributed by atoms with Crippen LogP contribution in [-0.4, -0.2) is 45.3 Å². The summed E-state index contributed by atoms with van der Waals surface area (Å²) < 4.78 is 56.0. The van der Waals surface area contributed by atoms with Gasteiger partial charge in [-0.15, -0.1) is 0 Å². The van der Waals surface area contributed by atoms with Crippen molar-refractivity contribution in [3.8, 4) is 0 Å². The van der Waals surface area contributed by atoms with E-state index >= 15 is 0 Å². The molecule has 0 aliphatic heterocycles. The minimum atomic E-state index is -4.60. The van der Waals surface area contributed by atoms with Gasteiger partial charge >= 0.3 is 6.18 Å². The number of thiocarbonyl (C=S) groups is 1. The van der Waals surface area contributed by atoms with Crippen LogP contribution in [0, 0.1) is 17.7 Å². The number of carbonyl (C=O) groups is 3. The lowest BCUT2D eigenvalue weighted by atomic mass is 9.78. The molecule has 6 N–H and O–H groups in total. The van der Waals surface area contributed by atoms with E-state index in [9.17, 15) is 31.9 Å². The number of hydrogen-bond acceptors (Lipinski definition) is 4. The van der Waals surface area contributed by atoms with Crippen molar-refractivity contribution in [3.63, 3.8) is 0 Å². The van der Waals surface area contributed by atoms with E-state index in [1.807, 2.05) is 6.92 Å². The second kappa shape index (κ2) is 13.6. The molecule has 1 unspecified atom stereocenters. The largest absolute Gasteiger partial charge is 0.418 e. The number of aromatic amines is 1. The molecule has 1 heterocycles. The molecule has 0 radical (unpaired) electrons. The standard InChI is InChI=1S/C34H39F4N5O3S/c1-3-18(2)28(42-27(44)16-20-7-4-5-10-24(20)35)31(45)43-33(32(46)41-26(30(39)47)15-19-11-12-19)14-13-25-22(17-33)21-8-6-9-23(29(21)40-25)34(36,37)38/h4-10,18-19,26,28,40H,3,11-17H2,1-2H3,(H2,39,47)(H,41,46)(H,42,44)(H,43,45)/t18?,26-,28-,33+/m0/s1. The smallest absolute Gasteiger partial charge is 0.392 e. The molecule has 0 spiro atoms. The third kappa shape index (κ3) is 7.61. The maximum absolute atomic E-state index is 14.3. The molecule has 252 valence electrons. The zero-order valence-electron chi connectivity index (χ0n) is 26.2. The normalized spacial score (nSPS) is 19.7. The number of benzene rings is 2. The highest BCUT2D eigenvalue weighted by atomic mass is 32.1. The molecule has 2 aliphatic carbocycles. The Morgan fingerprint density at radius 2 is 1.83 bits per heavy atom. The van der Waals surface area contributed by atoms with Gasteiger partial charge in [0.05, 0.1) is 28.5 Å². The van der Waals surface area contributed by atoms with Gasteiger partial charge < -0.3 is 26.7 Å². The van der Waals surface area contributed by atoms with Crippen LogP contribution in [0.5, 0.6) is 0 Å². The van der Waals surface area contributed by atoms with Crippen molar-refractivity contribution in [2.45, 2.75) is 89.0 Å². The summed E-state index contributed by atoms with van der Waals surface area (Å²) >= 11 is 5.26. The van der Waals surface area contributed by atoms with Crippen LogP contribution in [-0.2, 0) is 39.8 Å². The maximum atomic E-state index is 14.3. The number of aromatic nitrogens is 1. The van der Waals surface area contributed by atoms with Crippen molar-refractivity contribution in [3.05, 3.63) is 70.7 Å². The number of amides is 3. The number of fused-ring (bicyclic) bond motifs is 3. The van der Waals surface area contributed by atoms with Crippen LogP contribution in [0.3, 0.4) is 0 Å². The fourth-order valence-electron chi connectivity index (χ4n) is 6.35. The minimum Gasteiger partial charge on any atom is -0.392 e. The molecule has 4 atom stereocenters. The Kier molecular flexibility index (Phi) is 9.95. The highest BCUT2D eigenvalue weighted by Gasteiger charge is 2.47. The third-order valence-electron chi connectivity index (χ3n) is 9.45. The van der Waals surface area contributed by atoms with E-state index in [0.29, 0.717) is 35.4 Å². The molecule has 1 aromatic heterocycles. The Balaban J connectivity index is 1.48. The van der Waals surface area contributed by atoms with Gasteiger partial charge in [-0.05, 0) is 54.4 Å². The van der Waals surface area contributed by atoms with Crippen molar-refractivity contribution in [2.24, 2.45) is 17.6 Å². The lowest BCUT2D eigenvalue weighted by molar-refractivity contribution is -0.137. The SMILES string of the molecule is CCC(C)[C@H](NC(=O)Cc1ccccc1F)C(=O)N[C@]1(C(=O)N[C@@H](CC2CC2)C(N)=S)CCc2[nH]c3c(C(F)(F)F)cccc3c2C1. The Labute approximate surface area is 275 Å². The minimum absolute atomic E-state index is 0.0651. The molecule has 5 rings (SSSR count). The number of alkyl halides is 3. The highest BCUT2D eigenvalue weighted by Crippen LogP contribution is 2.40. The number of H-pyrrole nitrogens is 1. The fraction of sp³-hybridized carbons (Fsp3) is 0.471. The Bertz CT molecular complexity index is 1690. The molecule has 1 fully saturated rings. The summed E-state index contributed by atoms with van der Waals surface area (Å²) in [6.45, 7) is 3.62. The van der Waals surface area contributed by atoms with Crippen LogP contribution in [0.25, 0.3) is 10.9 Å². The molecule has 47 heavy (non-hydrogen) atoms. The summed E-state index contributed by atoms with van der Waals surface area (Å²) in [6, 6.07) is 8.01. The van der Waals surface area contributed by atoms with Crippen LogP contribution in [0.2, 0.25) is 0 Å². The fourth-order valence-corrected chi connectivity index (χ4v) is 6.50. The van der Waals surface area contributed by atoms with Gasteiger partial charge in [0.2, 0.25) is 17.7 Å². The molecule has 2 aliphatic rings. The molecule has 2 aromatic carbocycles. The molecule has 3 aromatic rings. The van der Waals surface area contributed by atoms with Gasteiger partial charge in [0.25, 0.3) is 0 Å². The van der Waals surface area contributed by atoms with Gasteiger partial charge in [0.15, 0.2) is 0 Å². The quantitative estimate of drug-likeness (QED) is 0.136. The molecule has 8 nitrogen and oxygen atoms in total. The van der Waals surface area contributed by atoms with Crippen LogP contribution in [0.15, 0.2) is 42.5 Å². The summed E-state index contributed by atoms with van der Waals surface area (Å²) in [5, 5.41) is 8.89. The predicted molar refractivity (Wildman–Crippen MR) is 174 cm³/mol. The Hall–Kier alpha value is -4.00. The molecule has 13 heteroatoms. The average molecular weight is 674 g/mol.